The van der Waals surface area contributed by atoms with Crippen LogP contribution in [-0.2, 0) is 4.74 Å². The van der Waals surface area contributed by atoms with Crippen molar-refractivity contribution >= 4 is 11.7 Å². The third kappa shape index (κ3) is 2.33. The van der Waals surface area contributed by atoms with Gasteiger partial charge in [0, 0.05) is 12.3 Å². The van der Waals surface area contributed by atoms with Gasteiger partial charge in [-0.1, -0.05) is 6.07 Å². The monoisotopic (exact) mass is 221 g/mol. The fourth-order valence-electron chi connectivity index (χ4n) is 1.78. The average Bonchev–Trinajstić information content (AvgIpc) is 2.73. The third-order valence-electron chi connectivity index (χ3n) is 2.77. The maximum Gasteiger partial charge on any atom is 0.335 e. The normalized spacial score (nSPS) is 19.7. The van der Waals surface area contributed by atoms with Crippen molar-refractivity contribution in [2.45, 2.75) is 19.4 Å². The summed E-state index contributed by atoms with van der Waals surface area (Å²) in [5.74, 6) is -0.897. The fourth-order valence-corrected chi connectivity index (χ4v) is 1.78. The van der Waals surface area contributed by atoms with Gasteiger partial charge >= 0.3 is 5.97 Å². The van der Waals surface area contributed by atoms with E-state index in [4.69, 9.17) is 9.84 Å². The first-order valence-corrected chi connectivity index (χ1v) is 5.35. The van der Waals surface area contributed by atoms with Crippen LogP contribution in [0.3, 0.4) is 0 Å². The molecule has 1 atom stereocenters. The van der Waals surface area contributed by atoms with E-state index in [1.807, 2.05) is 13.0 Å². The Morgan fingerprint density at radius 2 is 2.38 bits per heavy atom. The number of anilines is 1. The molecule has 0 radical (unpaired) electrons. The highest BCUT2D eigenvalue weighted by Crippen LogP contribution is 2.20. The van der Waals surface area contributed by atoms with E-state index in [2.05, 4.69) is 5.32 Å². The van der Waals surface area contributed by atoms with Gasteiger partial charge < -0.3 is 15.2 Å². The van der Waals surface area contributed by atoms with Gasteiger partial charge in [0.05, 0.1) is 18.2 Å². The molecule has 4 nitrogen and oxygen atoms in total. The predicted octanol–water partition coefficient (Wildman–Crippen LogP) is 1.89. The maximum atomic E-state index is 10.8. The topological polar surface area (TPSA) is 58.6 Å². The second-order valence-electron chi connectivity index (χ2n) is 4.04. The van der Waals surface area contributed by atoms with Crippen LogP contribution in [0.5, 0.6) is 0 Å². The highest BCUT2D eigenvalue weighted by Gasteiger charge is 2.16. The summed E-state index contributed by atoms with van der Waals surface area (Å²) in [6, 6.07) is 5.41. The number of carboxylic acids is 1. The molecule has 1 unspecified atom stereocenters. The molecule has 1 fully saturated rings. The van der Waals surface area contributed by atoms with Gasteiger partial charge in [0.15, 0.2) is 0 Å². The van der Waals surface area contributed by atoms with Crippen molar-refractivity contribution in [1.82, 2.24) is 0 Å². The second-order valence-corrected chi connectivity index (χ2v) is 4.04. The molecule has 0 aromatic heterocycles. The van der Waals surface area contributed by atoms with Crippen molar-refractivity contribution in [1.29, 1.82) is 0 Å². The molecule has 2 N–H and O–H groups in total. The van der Waals surface area contributed by atoms with E-state index >= 15 is 0 Å². The highest BCUT2D eigenvalue weighted by atomic mass is 16.5. The van der Waals surface area contributed by atoms with Gasteiger partial charge in [0.1, 0.15) is 0 Å². The minimum atomic E-state index is -0.897. The van der Waals surface area contributed by atoms with Crippen molar-refractivity contribution in [2.75, 3.05) is 18.5 Å². The zero-order valence-corrected chi connectivity index (χ0v) is 9.19. The standard InChI is InChI=1S/C12H15NO3/c1-8-2-3-9(12(14)15)6-11(8)13-10-4-5-16-7-10/h2-3,6,10,13H,4-5,7H2,1H3,(H,14,15). The number of benzene rings is 1. The van der Waals surface area contributed by atoms with Crippen molar-refractivity contribution in [2.24, 2.45) is 0 Å². The van der Waals surface area contributed by atoms with Gasteiger partial charge in [-0.05, 0) is 31.0 Å². The van der Waals surface area contributed by atoms with Crippen LogP contribution in [0.1, 0.15) is 22.3 Å². The summed E-state index contributed by atoms with van der Waals surface area (Å²) in [7, 11) is 0. The maximum absolute atomic E-state index is 10.8. The Morgan fingerprint density at radius 3 is 3.00 bits per heavy atom. The Bertz CT molecular complexity index is 397. The van der Waals surface area contributed by atoms with Gasteiger partial charge in [-0.25, -0.2) is 4.79 Å². The molecule has 1 saturated heterocycles. The number of carbonyl (C=O) groups is 1. The van der Waals surface area contributed by atoms with Gasteiger partial charge in [-0.3, -0.25) is 0 Å². The molecule has 0 saturated carbocycles. The van der Waals surface area contributed by atoms with Crippen LogP contribution in [0.15, 0.2) is 18.2 Å². The lowest BCUT2D eigenvalue weighted by molar-refractivity contribution is 0.0697. The van der Waals surface area contributed by atoms with E-state index in [-0.39, 0.29) is 0 Å². The molecular formula is C12H15NO3. The van der Waals surface area contributed by atoms with Crippen molar-refractivity contribution < 1.29 is 14.6 Å². The molecule has 1 aliphatic rings. The molecule has 4 heteroatoms. The lowest BCUT2D eigenvalue weighted by Crippen LogP contribution is -2.19. The Balaban J connectivity index is 2.17. The van der Waals surface area contributed by atoms with Crippen LogP contribution in [-0.4, -0.2) is 30.3 Å². The Labute approximate surface area is 94.2 Å². The van der Waals surface area contributed by atoms with E-state index in [1.54, 1.807) is 12.1 Å². The lowest BCUT2D eigenvalue weighted by Gasteiger charge is -2.15. The Hall–Kier alpha value is -1.55. The molecule has 1 aromatic rings. The summed E-state index contributed by atoms with van der Waals surface area (Å²) in [5, 5.41) is 12.2. The first-order valence-electron chi connectivity index (χ1n) is 5.35. The molecule has 1 aromatic carbocycles. The van der Waals surface area contributed by atoms with Crippen LogP contribution in [0.4, 0.5) is 5.69 Å². The lowest BCUT2D eigenvalue weighted by atomic mass is 10.1. The fraction of sp³-hybridized carbons (Fsp3) is 0.417. The van der Waals surface area contributed by atoms with Gasteiger partial charge in [0.2, 0.25) is 0 Å². The van der Waals surface area contributed by atoms with Gasteiger partial charge in [-0.15, -0.1) is 0 Å². The zero-order valence-electron chi connectivity index (χ0n) is 9.19. The SMILES string of the molecule is Cc1ccc(C(=O)O)cc1NC1CCOC1. The zero-order chi connectivity index (χ0) is 11.5. The summed E-state index contributed by atoms with van der Waals surface area (Å²) in [6.45, 7) is 3.43. The quantitative estimate of drug-likeness (QED) is 0.818. The number of aryl methyl sites for hydroxylation is 1. The van der Waals surface area contributed by atoms with Gasteiger partial charge in [0.25, 0.3) is 0 Å². The molecule has 0 spiro atoms. The molecule has 0 amide bonds. The molecule has 1 heterocycles. The first kappa shape index (κ1) is 11.0. The Kier molecular flexibility index (Phi) is 3.10. The predicted molar refractivity (Wildman–Crippen MR) is 61.0 cm³/mol. The van der Waals surface area contributed by atoms with Crippen molar-refractivity contribution in [3.8, 4) is 0 Å². The van der Waals surface area contributed by atoms with Crippen LogP contribution in [0.25, 0.3) is 0 Å². The third-order valence-corrected chi connectivity index (χ3v) is 2.77. The number of nitrogens with one attached hydrogen (secondary N) is 1. The first-order chi connectivity index (χ1) is 7.66. The van der Waals surface area contributed by atoms with Crippen molar-refractivity contribution in [3.63, 3.8) is 0 Å². The minimum absolute atomic E-state index is 0.294. The summed E-state index contributed by atoms with van der Waals surface area (Å²) < 4.78 is 5.27. The molecule has 1 aliphatic heterocycles. The molecule has 16 heavy (non-hydrogen) atoms. The Morgan fingerprint density at radius 1 is 1.56 bits per heavy atom. The van der Waals surface area contributed by atoms with E-state index in [9.17, 15) is 4.79 Å². The summed E-state index contributed by atoms with van der Waals surface area (Å²) in [4.78, 5) is 10.8. The van der Waals surface area contributed by atoms with Crippen LogP contribution >= 0.6 is 0 Å². The number of aromatic carboxylic acids is 1. The molecule has 86 valence electrons. The van der Waals surface area contributed by atoms with E-state index in [0.717, 1.165) is 24.3 Å². The largest absolute Gasteiger partial charge is 0.478 e. The highest BCUT2D eigenvalue weighted by molar-refractivity contribution is 5.89. The molecule has 0 aliphatic carbocycles. The van der Waals surface area contributed by atoms with E-state index in [1.165, 1.54) is 0 Å². The smallest absolute Gasteiger partial charge is 0.335 e. The minimum Gasteiger partial charge on any atom is -0.478 e. The van der Waals surface area contributed by atoms with E-state index in [0.29, 0.717) is 18.2 Å². The molecule has 0 bridgehead atoms. The average molecular weight is 221 g/mol. The number of hydrogen-bond acceptors (Lipinski definition) is 3. The summed E-state index contributed by atoms with van der Waals surface area (Å²) in [5.41, 5.74) is 2.25. The van der Waals surface area contributed by atoms with Crippen LogP contribution < -0.4 is 5.32 Å². The summed E-state index contributed by atoms with van der Waals surface area (Å²) in [6.07, 6.45) is 0.969. The summed E-state index contributed by atoms with van der Waals surface area (Å²) >= 11 is 0. The number of rotatable bonds is 3. The molecular weight excluding hydrogens is 206 g/mol. The van der Waals surface area contributed by atoms with Gasteiger partial charge in [-0.2, -0.15) is 0 Å². The number of ether oxygens (including phenoxy) is 1. The van der Waals surface area contributed by atoms with Crippen LogP contribution in [0, 0.1) is 6.92 Å². The number of carboxylic acid groups (broad SMARTS) is 1. The molecule has 2 rings (SSSR count). The number of hydrogen-bond donors (Lipinski definition) is 2. The van der Waals surface area contributed by atoms with Crippen molar-refractivity contribution in [3.05, 3.63) is 29.3 Å². The van der Waals surface area contributed by atoms with Crippen LogP contribution in [0.2, 0.25) is 0 Å². The second kappa shape index (κ2) is 4.53. The van der Waals surface area contributed by atoms with E-state index < -0.39 is 5.97 Å².